The second-order valence-corrected chi connectivity index (χ2v) is 6.91. The minimum absolute atomic E-state index is 0.189. The number of carbonyl (C=O) groups excluding carboxylic acids is 1. The predicted molar refractivity (Wildman–Crippen MR) is 90.7 cm³/mol. The summed E-state index contributed by atoms with van der Waals surface area (Å²) in [6, 6.07) is 11.4. The van der Waals surface area contributed by atoms with Crippen molar-refractivity contribution in [1.82, 2.24) is 5.32 Å². The minimum atomic E-state index is -0.720. The molecule has 2 aromatic rings. The monoisotopic (exact) mass is 330 g/mol. The van der Waals surface area contributed by atoms with Gasteiger partial charge in [0.15, 0.2) is 0 Å². The van der Waals surface area contributed by atoms with E-state index in [2.05, 4.69) is 5.32 Å². The number of carbonyl (C=O) groups is 1. The number of fused-ring (bicyclic) bond motifs is 1. The highest BCUT2D eigenvalue weighted by Crippen LogP contribution is 2.36. The quantitative estimate of drug-likeness (QED) is 0.906. The van der Waals surface area contributed by atoms with Crippen LogP contribution >= 0.6 is 11.8 Å². The topological polar surface area (TPSA) is 55.1 Å². The number of thioether (sulfide) groups is 1. The number of benzene rings is 2. The summed E-state index contributed by atoms with van der Waals surface area (Å²) in [5, 5.41) is 2.97. The van der Waals surface area contributed by atoms with E-state index in [4.69, 9.17) is 5.73 Å². The van der Waals surface area contributed by atoms with E-state index < -0.39 is 6.04 Å². The molecule has 3 rings (SSSR count). The summed E-state index contributed by atoms with van der Waals surface area (Å²) in [6.07, 6.45) is 0.771. The first-order valence-electron chi connectivity index (χ1n) is 7.59. The molecule has 3 nitrogen and oxygen atoms in total. The van der Waals surface area contributed by atoms with Gasteiger partial charge in [0.2, 0.25) is 5.91 Å². The highest BCUT2D eigenvalue weighted by atomic mass is 32.2. The standard InChI is InChI=1S/C18H19FN2OS/c1-11-2-4-12(5-3-11)17(20)18(22)21-15-8-9-23-16-7-6-13(19)10-14(15)16/h2-7,10,15,17H,8-9,20H2,1H3,(H,21,22). The SMILES string of the molecule is Cc1ccc(C(N)C(=O)NC2CCSc3ccc(F)cc32)cc1. The van der Waals surface area contributed by atoms with Crippen LogP contribution in [-0.4, -0.2) is 11.7 Å². The van der Waals surface area contributed by atoms with Crippen LogP contribution < -0.4 is 11.1 Å². The molecule has 0 aliphatic carbocycles. The molecule has 0 spiro atoms. The second-order valence-electron chi connectivity index (χ2n) is 5.77. The fraction of sp³-hybridized carbons (Fsp3) is 0.278. The third-order valence-electron chi connectivity index (χ3n) is 4.05. The average Bonchev–Trinajstić information content (AvgIpc) is 2.55. The molecule has 3 N–H and O–H groups in total. The van der Waals surface area contributed by atoms with Crippen LogP contribution in [0.2, 0.25) is 0 Å². The zero-order valence-electron chi connectivity index (χ0n) is 12.9. The lowest BCUT2D eigenvalue weighted by Gasteiger charge is -2.27. The number of nitrogens with two attached hydrogens (primary N) is 1. The molecule has 1 amide bonds. The molecule has 0 fully saturated rings. The zero-order valence-corrected chi connectivity index (χ0v) is 13.7. The molecule has 0 bridgehead atoms. The van der Waals surface area contributed by atoms with Gasteiger partial charge in [0.05, 0.1) is 6.04 Å². The van der Waals surface area contributed by atoms with Crippen LogP contribution in [-0.2, 0) is 4.79 Å². The number of rotatable bonds is 3. The fourth-order valence-electron chi connectivity index (χ4n) is 2.70. The fourth-order valence-corrected chi connectivity index (χ4v) is 3.81. The highest BCUT2D eigenvalue weighted by Gasteiger charge is 2.25. The van der Waals surface area contributed by atoms with Gasteiger partial charge in [0.25, 0.3) is 0 Å². The van der Waals surface area contributed by atoms with E-state index in [0.29, 0.717) is 0 Å². The zero-order chi connectivity index (χ0) is 16.4. The molecule has 2 aromatic carbocycles. The van der Waals surface area contributed by atoms with E-state index in [1.807, 2.05) is 31.2 Å². The van der Waals surface area contributed by atoms with E-state index in [-0.39, 0.29) is 17.8 Å². The summed E-state index contributed by atoms with van der Waals surface area (Å²) in [5.74, 6) is 0.373. The first kappa shape index (κ1) is 16.0. The number of hydrogen-bond donors (Lipinski definition) is 2. The first-order chi connectivity index (χ1) is 11.0. The Bertz CT molecular complexity index is 717. The predicted octanol–water partition coefficient (Wildman–Crippen LogP) is 3.49. The Kier molecular flexibility index (Phi) is 4.68. The molecular weight excluding hydrogens is 311 g/mol. The third kappa shape index (κ3) is 3.57. The Morgan fingerprint density at radius 2 is 2.04 bits per heavy atom. The molecular formula is C18H19FN2OS. The van der Waals surface area contributed by atoms with Crippen molar-refractivity contribution in [2.24, 2.45) is 5.73 Å². The number of hydrogen-bond acceptors (Lipinski definition) is 3. The Labute approximate surface area is 139 Å². The molecule has 0 saturated heterocycles. The van der Waals surface area contributed by atoms with Crippen LogP contribution in [0.4, 0.5) is 4.39 Å². The van der Waals surface area contributed by atoms with E-state index in [1.165, 1.54) is 12.1 Å². The maximum atomic E-state index is 13.5. The smallest absolute Gasteiger partial charge is 0.241 e. The normalized spacial score (nSPS) is 18.1. The van der Waals surface area contributed by atoms with Crippen molar-refractivity contribution in [3.05, 3.63) is 65.0 Å². The lowest BCUT2D eigenvalue weighted by Crippen LogP contribution is -2.37. The third-order valence-corrected chi connectivity index (χ3v) is 5.17. The van der Waals surface area contributed by atoms with Crippen LogP contribution in [0.3, 0.4) is 0 Å². The molecule has 1 aliphatic rings. The van der Waals surface area contributed by atoms with E-state index in [1.54, 1.807) is 17.8 Å². The molecule has 5 heteroatoms. The van der Waals surface area contributed by atoms with Gasteiger partial charge in [-0.15, -0.1) is 11.8 Å². The second kappa shape index (κ2) is 6.72. The minimum Gasteiger partial charge on any atom is -0.348 e. The summed E-state index contributed by atoms with van der Waals surface area (Å²) in [5.41, 5.74) is 8.80. The summed E-state index contributed by atoms with van der Waals surface area (Å²) in [6.45, 7) is 1.99. The van der Waals surface area contributed by atoms with E-state index in [9.17, 15) is 9.18 Å². The van der Waals surface area contributed by atoms with Crippen molar-refractivity contribution in [2.45, 2.75) is 30.3 Å². The van der Waals surface area contributed by atoms with Gasteiger partial charge in [0.1, 0.15) is 11.9 Å². The molecule has 120 valence electrons. The van der Waals surface area contributed by atoms with Crippen molar-refractivity contribution in [1.29, 1.82) is 0 Å². The van der Waals surface area contributed by atoms with Gasteiger partial charge >= 0.3 is 0 Å². The molecule has 0 aromatic heterocycles. The van der Waals surface area contributed by atoms with Gasteiger partial charge in [-0.3, -0.25) is 4.79 Å². The van der Waals surface area contributed by atoms with Gasteiger partial charge in [-0.1, -0.05) is 29.8 Å². The van der Waals surface area contributed by atoms with Crippen molar-refractivity contribution < 1.29 is 9.18 Å². The Morgan fingerprint density at radius 3 is 2.78 bits per heavy atom. The number of aryl methyl sites for hydroxylation is 1. The lowest BCUT2D eigenvalue weighted by atomic mass is 10.0. The molecule has 0 radical (unpaired) electrons. The van der Waals surface area contributed by atoms with E-state index >= 15 is 0 Å². The largest absolute Gasteiger partial charge is 0.348 e. The Morgan fingerprint density at radius 1 is 1.30 bits per heavy atom. The van der Waals surface area contributed by atoms with Gasteiger partial charge < -0.3 is 11.1 Å². The number of halogens is 1. The molecule has 1 aliphatic heterocycles. The summed E-state index contributed by atoms with van der Waals surface area (Å²) >= 11 is 1.69. The van der Waals surface area contributed by atoms with Crippen molar-refractivity contribution in [3.63, 3.8) is 0 Å². The Balaban J connectivity index is 1.76. The van der Waals surface area contributed by atoms with Crippen LogP contribution in [0, 0.1) is 12.7 Å². The van der Waals surface area contributed by atoms with Crippen LogP contribution in [0.25, 0.3) is 0 Å². The molecule has 1 heterocycles. The molecule has 23 heavy (non-hydrogen) atoms. The molecule has 0 saturated carbocycles. The van der Waals surface area contributed by atoms with Crippen molar-refractivity contribution in [2.75, 3.05) is 5.75 Å². The molecule has 2 atom stereocenters. The first-order valence-corrected chi connectivity index (χ1v) is 8.58. The summed E-state index contributed by atoms with van der Waals surface area (Å²) in [4.78, 5) is 13.5. The Hall–Kier alpha value is -1.85. The maximum absolute atomic E-state index is 13.5. The number of nitrogens with one attached hydrogen (secondary N) is 1. The van der Waals surface area contributed by atoms with Crippen LogP contribution in [0.1, 0.15) is 35.2 Å². The summed E-state index contributed by atoms with van der Waals surface area (Å²) < 4.78 is 13.5. The summed E-state index contributed by atoms with van der Waals surface area (Å²) in [7, 11) is 0. The van der Waals surface area contributed by atoms with Crippen LogP contribution in [0.5, 0.6) is 0 Å². The lowest BCUT2D eigenvalue weighted by molar-refractivity contribution is -0.123. The van der Waals surface area contributed by atoms with Gasteiger partial charge in [-0.05, 0) is 42.7 Å². The van der Waals surface area contributed by atoms with Gasteiger partial charge in [-0.2, -0.15) is 0 Å². The van der Waals surface area contributed by atoms with E-state index in [0.717, 1.165) is 33.8 Å². The van der Waals surface area contributed by atoms with Crippen LogP contribution in [0.15, 0.2) is 47.4 Å². The maximum Gasteiger partial charge on any atom is 0.241 e. The average molecular weight is 330 g/mol. The van der Waals surface area contributed by atoms with Crippen molar-refractivity contribution >= 4 is 17.7 Å². The number of amides is 1. The van der Waals surface area contributed by atoms with Gasteiger partial charge in [-0.25, -0.2) is 4.39 Å². The molecule has 2 unspecified atom stereocenters. The van der Waals surface area contributed by atoms with Gasteiger partial charge in [0, 0.05) is 10.6 Å². The van der Waals surface area contributed by atoms with Crippen molar-refractivity contribution in [3.8, 4) is 0 Å². The highest BCUT2D eigenvalue weighted by molar-refractivity contribution is 7.99.